The fourth-order valence-corrected chi connectivity index (χ4v) is 3.44. The standard InChI is InChI=1S/C22H27BrN2O3/c23-20-4-1-2-5-21(20)28-13-3-6-22(26)24-16-18-7-9-19(10-8-18)17-25-11-14-27-15-12-25/h1-2,4-5,7-10H,3,6,11-17H2,(H,24,26). The van der Waals surface area contributed by atoms with Gasteiger partial charge in [-0.15, -0.1) is 0 Å². The van der Waals surface area contributed by atoms with Gasteiger partial charge >= 0.3 is 0 Å². The van der Waals surface area contributed by atoms with E-state index in [4.69, 9.17) is 9.47 Å². The number of hydrogen-bond acceptors (Lipinski definition) is 4. The van der Waals surface area contributed by atoms with E-state index >= 15 is 0 Å². The molecule has 6 heteroatoms. The van der Waals surface area contributed by atoms with Crippen molar-refractivity contribution in [1.82, 2.24) is 10.2 Å². The molecule has 0 bridgehead atoms. The molecule has 2 aromatic carbocycles. The van der Waals surface area contributed by atoms with E-state index in [0.717, 1.165) is 48.6 Å². The van der Waals surface area contributed by atoms with Crippen molar-refractivity contribution in [2.24, 2.45) is 0 Å². The molecule has 0 spiro atoms. The van der Waals surface area contributed by atoms with Crippen LogP contribution in [0, 0.1) is 0 Å². The average Bonchev–Trinajstić information content (AvgIpc) is 2.73. The third kappa shape index (κ3) is 6.93. The Hall–Kier alpha value is -1.89. The highest BCUT2D eigenvalue weighted by Gasteiger charge is 2.10. The van der Waals surface area contributed by atoms with Gasteiger partial charge < -0.3 is 14.8 Å². The van der Waals surface area contributed by atoms with E-state index in [1.165, 1.54) is 5.56 Å². The van der Waals surface area contributed by atoms with Crippen molar-refractivity contribution in [3.8, 4) is 5.75 Å². The summed E-state index contributed by atoms with van der Waals surface area (Å²) in [7, 11) is 0. The van der Waals surface area contributed by atoms with Crippen LogP contribution in [-0.4, -0.2) is 43.7 Å². The lowest BCUT2D eigenvalue weighted by Crippen LogP contribution is -2.35. The molecule has 28 heavy (non-hydrogen) atoms. The second-order valence-corrected chi connectivity index (χ2v) is 7.72. The first-order valence-corrected chi connectivity index (χ1v) is 10.5. The molecule has 1 N–H and O–H groups in total. The van der Waals surface area contributed by atoms with Crippen LogP contribution in [0.1, 0.15) is 24.0 Å². The van der Waals surface area contributed by atoms with E-state index in [-0.39, 0.29) is 5.91 Å². The van der Waals surface area contributed by atoms with E-state index in [0.29, 0.717) is 26.0 Å². The van der Waals surface area contributed by atoms with Crippen molar-refractivity contribution in [3.63, 3.8) is 0 Å². The molecule has 0 atom stereocenters. The molecule has 5 nitrogen and oxygen atoms in total. The second kappa shape index (κ2) is 11.2. The number of carbonyl (C=O) groups excluding carboxylic acids is 1. The maximum absolute atomic E-state index is 12.0. The molecule has 1 amide bonds. The number of morpholine rings is 1. The van der Waals surface area contributed by atoms with Crippen LogP contribution >= 0.6 is 15.9 Å². The quantitative estimate of drug-likeness (QED) is 0.595. The molecule has 150 valence electrons. The maximum Gasteiger partial charge on any atom is 0.220 e. The van der Waals surface area contributed by atoms with Gasteiger partial charge in [0.05, 0.1) is 24.3 Å². The summed E-state index contributed by atoms with van der Waals surface area (Å²) in [5.74, 6) is 0.855. The fraction of sp³-hybridized carbons (Fsp3) is 0.409. The number of nitrogens with zero attached hydrogens (tertiary/aromatic N) is 1. The summed E-state index contributed by atoms with van der Waals surface area (Å²) in [6.45, 7) is 5.64. The lowest BCUT2D eigenvalue weighted by Gasteiger charge is -2.26. The molecule has 0 aliphatic carbocycles. The molecule has 0 unspecified atom stereocenters. The van der Waals surface area contributed by atoms with Gasteiger partial charge in [0.2, 0.25) is 5.91 Å². The molecule has 1 fully saturated rings. The first-order chi connectivity index (χ1) is 13.7. The number of halogens is 1. The topological polar surface area (TPSA) is 50.8 Å². The minimum Gasteiger partial charge on any atom is -0.492 e. The molecule has 1 aliphatic heterocycles. The lowest BCUT2D eigenvalue weighted by atomic mass is 10.1. The number of nitrogens with one attached hydrogen (secondary N) is 1. The summed E-state index contributed by atoms with van der Waals surface area (Å²) in [5, 5.41) is 2.98. The molecular formula is C22H27BrN2O3. The van der Waals surface area contributed by atoms with Crippen LogP contribution in [0.15, 0.2) is 53.0 Å². The monoisotopic (exact) mass is 446 g/mol. The Morgan fingerprint density at radius 3 is 2.54 bits per heavy atom. The van der Waals surface area contributed by atoms with Crippen LogP contribution in [0.5, 0.6) is 5.75 Å². The number of carbonyl (C=O) groups is 1. The Balaban J connectivity index is 1.32. The van der Waals surface area contributed by atoms with E-state index in [9.17, 15) is 4.79 Å². The van der Waals surface area contributed by atoms with Crippen molar-refractivity contribution < 1.29 is 14.3 Å². The first kappa shape index (κ1) is 20.8. The Kier molecular flexibility index (Phi) is 8.33. The molecule has 1 aliphatic rings. The number of amides is 1. The van der Waals surface area contributed by atoms with Gasteiger partial charge in [0.15, 0.2) is 0 Å². The summed E-state index contributed by atoms with van der Waals surface area (Å²) in [5.41, 5.74) is 2.41. The molecule has 0 aromatic heterocycles. The van der Waals surface area contributed by atoms with Crippen LogP contribution in [0.4, 0.5) is 0 Å². The number of benzene rings is 2. The average molecular weight is 447 g/mol. The Bertz CT molecular complexity index is 746. The molecule has 0 radical (unpaired) electrons. The SMILES string of the molecule is O=C(CCCOc1ccccc1Br)NCc1ccc(CN2CCOCC2)cc1. The Labute approximate surface area is 175 Å². The zero-order chi connectivity index (χ0) is 19.6. The van der Waals surface area contributed by atoms with Gasteiger partial charge in [-0.2, -0.15) is 0 Å². The van der Waals surface area contributed by atoms with Crippen molar-refractivity contribution in [1.29, 1.82) is 0 Å². The van der Waals surface area contributed by atoms with Crippen molar-refractivity contribution in [2.75, 3.05) is 32.9 Å². The lowest BCUT2D eigenvalue weighted by molar-refractivity contribution is -0.121. The van der Waals surface area contributed by atoms with Crippen LogP contribution in [0.25, 0.3) is 0 Å². The van der Waals surface area contributed by atoms with Gasteiger partial charge in [0, 0.05) is 32.6 Å². The van der Waals surface area contributed by atoms with E-state index in [2.05, 4.69) is 50.4 Å². The predicted molar refractivity (Wildman–Crippen MR) is 113 cm³/mol. The zero-order valence-electron chi connectivity index (χ0n) is 16.0. The van der Waals surface area contributed by atoms with Crippen LogP contribution in [-0.2, 0) is 22.6 Å². The fourth-order valence-electron chi connectivity index (χ4n) is 3.05. The molecule has 3 rings (SSSR count). The van der Waals surface area contributed by atoms with Gasteiger partial charge in [0.1, 0.15) is 5.75 Å². The first-order valence-electron chi connectivity index (χ1n) is 9.72. The number of ether oxygens (including phenoxy) is 2. The van der Waals surface area contributed by atoms with E-state index in [1.54, 1.807) is 0 Å². The second-order valence-electron chi connectivity index (χ2n) is 6.86. The summed E-state index contributed by atoms with van der Waals surface area (Å²) < 4.78 is 12.0. The van der Waals surface area contributed by atoms with Crippen LogP contribution in [0.2, 0.25) is 0 Å². The van der Waals surface area contributed by atoms with Crippen molar-refractivity contribution in [3.05, 3.63) is 64.1 Å². The van der Waals surface area contributed by atoms with Gasteiger partial charge in [-0.05, 0) is 45.6 Å². The highest BCUT2D eigenvalue weighted by molar-refractivity contribution is 9.10. The third-order valence-corrected chi connectivity index (χ3v) is 5.32. The highest BCUT2D eigenvalue weighted by atomic mass is 79.9. The molecule has 1 heterocycles. The van der Waals surface area contributed by atoms with Crippen LogP contribution < -0.4 is 10.1 Å². The number of rotatable bonds is 9. The molecular weight excluding hydrogens is 420 g/mol. The summed E-state index contributed by atoms with van der Waals surface area (Å²) >= 11 is 3.45. The minimum absolute atomic E-state index is 0.0492. The Morgan fingerprint density at radius 1 is 1.07 bits per heavy atom. The van der Waals surface area contributed by atoms with Crippen molar-refractivity contribution >= 4 is 21.8 Å². The van der Waals surface area contributed by atoms with Gasteiger partial charge in [-0.25, -0.2) is 0 Å². The zero-order valence-corrected chi connectivity index (χ0v) is 17.6. The summed E-state index contributed by atoms with van der Waals surface area (Å²) in [4.78, 5) is 14.4. The summed E-state index contributed by atoms with van der Waals surface area (Å²) in [6, 6.07) is 16.2. The summed E-state index contributed by atoms with van der Waals surface area (Å²) in [6.07, 6.45) is 1.14. The molecule has 1 saturated heterocycles. The maximum atomic E-state index is 12.0. The third-order valence-electron chi connectivity index (χ3n) is 4.66. The number of hydrogen-bond donors (Lipinski definition) is 1. The minimum atomic E-state index is 0.0492. The van der Waals surface area contributed by atoms with E-state index < -0.39 is 0 Å². The van der Waals surface area contributed by atoms with E-state index in [1.807, 2.05) is 24.3 Å². The highest BCUT2D eigenvalue weighted by Crippen LogP contribution is 2.23. The molecule has 0 saturated carbocycles. The van der Waals surface area contributed by atoms with Gasteiger partial charge in [-0.1, -0.05) is 36.4 Å². The van der Waals surface area contributed by atoms with Crippen molar-refractivity contribution in [2.45, 2.75) is 25.9 Å². The smallest absolute Gasteiger partial charge is 0.220 e. The molecule has 2 aromatic rings. The van der Waals surface area contributed by atoms with Gasteiger partial charge in [-0.3, -0.25) is 9.69 Å². The number of para-hydroxylation sites is 1. The normalized spacial score (nSPS) is 14.6. The predicted octanol–water partition coefficient (Wildman–Crippen LogP) is 3.76. The largest absolute Gasteiger partial charge is 0.492 e. The Morgan fingerprint density at radius 2 is 1.79 bits per heavy atom. The van der Waals surface area contributed by atoms with Gasteiger partial charge in [0.25, 0.3) is 0 Å². The van der Waals surface area contributed by atoms with Crippen LogP contribution in [0.3, 0.4) is 0 Å².